The van der Waals surface area contributed by atoms with E-state index in [1.54, 1.807) is 19.6 Å². The summed E-state index contributed by atoms with van der Waals surface area (Å²) in [7, 11) is -9.08. The molecule has 0 bridgehead atoms. The molecule has 26 nitrogen and oxygen atoms in total. The highest BCUT2D eigenvalue weighted by Crippen LogP contribution is 2.36. The molecule has 0 aliphatic heterocycles. The Labute approximate surface area is 341 Å². The summed E-state index contributed by atoms with van der Waals surface area (Å²) in [6, 6.07) is 0. The quantitative estimate of drug-likeness (QED) is 0.0267. The summed E-state index contributed by atoms with van der Waals surface area (Å²) in [4.78, 5) is 42.4. The largest absolute Gasteiger partial charge is 0.469 e. The standard InChI is InChI=1S/C6H17NO9P2.4C6H15NO3/c8-4-1-7(2-5-15-17(9,10)11)3-6-16-18(12,13)14;4*8-4-1-7(2-5-9)3-6-10/h8H,1-6H2,(H2,9,10,11)(H2,12,13,14);4*8-10H,1-6H2. The topological polar surface area (TPSA) is 413 Å². The van der Waals surface area contributed by atoms with Crippen molar-refractivity contribution >= 4 is 15.6 Å². The number of phosphoric ester groups is 2. The molecule has 0 heterocycles. The summed E-state index contributed by atoms with van der Waals surface area (Å²) < 4.78 is 29.2. The second-order valence-corrected chi connectivity index (χ2v) is 13.7. The molecule has 0 aliphatic carbocycles. The molecule has 58 heavy (non-hydrogen) atoms. The molecule has 0 rings (SSSR count). The van der Waals surface area contributed by atoms with Crippen molar-refractivity contribution in [2.24, 2.45) is 0 Å². The molecule has 0 fully saturated rings. The summed E-state index contributed by atoms with van der Waals surface area (Å²) in [5.41, 5.74) is 0. The van der Waals surface area contributed by atoms with Gasteiger partial charge >= 0.3 is 15.6 Å². The first kappa shape index (κ1) is 66.6. The van der Waals surface area contributed by atoms with Gasteiger partial charge in [-0.05, 0) is 0 Å². The van der Waals surface area contributed by atoms with Crippen LogP contribution in [0.1, 0.15) is 0 Å². The van der Waals surface area contributed by atoms with Crippen molar-refractivity contribution in [3.8, 4) is 0 Å². The van der Waals surface area contributed by atoms with E-state index in [4.69, 9.17) is 86.0 Å². The highest BCUT2D eigenvalue weighted by molar-refractivity contribution is 7.46. The summed E-state index contributed by atoms with van der Waals surface area (Å²) in [5.74, 6) is 0. The van der Waals surface area contributed by atoms with Gasteiger partial charge in [0.15, 0.2) is 0 Å². The Kier molecular flexibility index (Phi) is 58.4. The molecule has 17 N–H and O–H groups in total. The van der Waals surface area contributed by atoms with Crippen LogP contribution in [0.2, 0.25) is 0 Å². The van der Waals surface area contributed by atoms with Crippen LogP contribution in [0, 0.1) is 0 Å². The minimum atomic E-state index is -4.54. The lowest BCUT2D eigenvalue weighted by Gasteiger charge is -2.21. The van der Waals surface area contributed by atoms with Crippen LogP contribution in [0.25, 0.3) is 0 Å². The van der Waals surface area contributed by atoms with Gasteiger partial charge in [-0.3, -0.25) is 33.5 Å². The highest BCUT2D eigenvalue weighted by atomic mass is 31.2. The fraction of sp³-hybridized carbons (Fsp3) is 1.00. The van der Waals surface area contributed by atoms with Gasteiger partial charge in [0.05, 0.1) is 99.1 Å². The van der Waals surface area contributed by atoms with E-state index in [2.05, 4.69) is 9.05 Å². The number of hydrogen-bond acceptors (Lipinski definition) is 22. The third-order valence-electron chi connectivity index (χ3n) is 6.74. The molecule has 358 valence electrons. The normalized spacial score (nSPS) is 11.6. The van der Waals surface area contributed by atoms with Crippen molar-refractivity contribution in [3.05, 3.63) is 0 Å². The Balaban J connectivity index is -0.000000208. The maximum absolute atomic E-state index is 10.4. The zero-order valence-electron chi connectivity index (χ0n) is 33.6. The SMILES string of the molecule is O=P(O)(O)OCCN(CCO)CCOP(=O)(O)O.OCCN(CCO)CCO.OCCN(CCO)CCO.OCCN(CCO)CCO.OCCN(CCO)CCO. The lowest BCUT2D eigenvalue weighted by Crippen LogP contribution is -2.33. The van der Waals surface area contributed by atoms with Gasteiger partial charge in [0.2, 0.25) is 0 Å². The summed E-state index contributed by atoms with van der Waals surface area (Å²) in [6.07, 6.45) is 0. The summed E-state index contributed by atoms with van der Waals surface area (Å²) >= 11 is 0. The lowest BCUT2D eigenvalue weighted by atomic mass is 10.4. The van der Waals surface area contributed by atoms with Crippen LogP contribution in [-0.2, 0) is 18.2 Å². The van der Waals surface area contributed by atoms with Crippen molar-refractivity contribution in [3.63, 3.8) is 0 Å². The molecule has 28 heteroatoms. The van der Waals surface area contributed by atoms with Gasteiger partial charge in [0, 0.05) is 98.2 Å². The van der Waals surface area contributed by atoms with Crippen LogP contribution in [0.4, 0.5) is 0 Å². The number of nitrogens with zero attached hydrogens (tertiary/aromatic N) is 5. The van der Waals surface area contributed by atoms with Crippen molar-refractivity contribution in [1.29, 1.82) is 0 Å². The van der Waals surface area contributed by atoms with Gasteiger partial charge in [-0.15, -0.1) is 0 Å². The Morgan fingerprint density at radius 3 is 0.483 bits per heavy atom. The summed E-state index contributed by atoms with van der Waals surface area (Å²) in [5, 5.41) is 111. The van der Waals surface area contributed by atoms with Crippen LogP contribution < -0.4 is 0 Å². The van der Waals surface area contributed by atoms with E-state index >= 15 is 0 Å². The molecule has 0 unspecified atom stereocenters. The Morgan fingerprint density at radius 2 is 0.379 bits per heavy atom. The predicted molar refractivity (Wildman–Crippen MR) is 210 cm³/mol. The zero-order chi connectivity index (χ0) is 45.5. The number of phosphoric acid groups is 2. The average molecular weight is 906 g/mol. The first-order chi connectivity index (χ1) is 27.5. The van der Waals surface area contributed by atoms with E-state index in [1.807, 2.05) is 0 Å². The molecular formula is C30H77N5O21P2. The minimum absolute atomic E-state index is 0.0694. The molecule has 0 spiro atoms. The molecule has 0 aromatic carbocycles. The average Bonchev–Trinajstić information content (AvgIpc) is 3.13. The molecule has 0 saturated heterocycles. The van der Waals surface area contributed by atoms with Gasteiger partial charge in [-0.2, -0.15) is 0 Å². The molecule has 0 saturated carbocycles. The number of hydrogen-bond donors (Lipinski definition) is 17. The van der Waals surface area contributed by atoms with E-state index in [0.29, 0.717) is 78.5 Å². The smallest absolute Gasteiger partial charge is 0.395 e. The van der Waals surface area contributed by atoms with Gasteiger partial charge in [-0.25, -0.2) is 9.13 Å². The van der Waals surface area contributed by atoms with Gasteiger partial charge in [0.1, 0.15) is 0 Å². The van der Waals surface area contributed by atoms with Crippen LogP contribution >= 0.6 is 15.6 Å². The van der Waals surface area contributed by atoms with E-state index in [0.717, 1.165) is 0 Å². The Morgan fingerprint density at radius 1 is 0.259 bits per heavy atom. The van der Waals surface area contributed by atoms with Gasteiger partial charge in [-0.1, -0.05) is 0 Å². The maximum atomic E-state index is 10.4. The van der Waals surface area contributed by atoms with E-state index in [-0.39, 0.29) is 119 Å². The van der Waals surface area contributed by atoms with Crippen LogP contribution in [0.15, 0.2) is 0 Å². The Hall–Kier alpha value is -0.500. The van der Waals surface area contributed by atoms with E-state index in [9.17, 15) is 9.13 Å². The van der Waals surface area contributed by atoms with Gasteiger partial charge in [0.25, 0.3) is 0 Å². The molecule has 0 radical (unpaired) electrons. The predicted octanol–water partition coefficient (Wildman–Crippen LogP) is -8.44. The van der Waals surface area contributed by atoms with Crippen molar-refractivity contribution in [2.75, 3.05) is 197 Å². The molecular weight excluding hydrogens is 828 g/mol. The number of rotatable bonds is 34. The van der Waals surface area contributed by atoms with Crippen molar-refractivity contribution < 1.29 is 104 Å². The zero-order valence-corrected chi connectivity index (χ0v) is 35.4. The summed E-state index contributed by atoms with van der Waals surface area (Å²) in [6.45, 7) is 6.56. The fourth-order valence-electron chi connectivity index (χ4n) is 4.09. The van der Waals surface area contributed by atoms with Crippen molar-refractivity contribution in [2.45, 2.75) is 0 Å². The van der Waals surface area contributed by atoms with E-state index in [1.165, 1.54) is 4.90 Å². The van der Waals surface area contributed by atoms with E-state index < -0.39 is 15.6 Å². The molecule has 0 amide bonds. The maximum Gasteiger partial charge on any atom is 0.469 e. The second kappa shape index (κ2) is 50.9. The second-order valence-electron chi connectivity index (χ2n) is 11.3. The molecule has 0 atom stereocenters. The highest BCUT2D eigenvalue weighted by Gasteiger charge is 2.17. The minimum Gasteiger partial charge on any atom is -0.395 e. The Bertz CT molecular complexity index is 719. The first-order valence-electron chi connectivity index (χ1n) is 18.5. The van der Waals surface area contributed by atoms with Crippen LogP contribution in [0.3, 0.4) is 0 Å². The lowest BCUT2D eigenvalue weighted by molar-refractivity contribution is 0.120. The molecule has 0 aliphatic rings. The number of aliphatic hydroxyl groups excluding tert-OH is 13. The van der Waals surface area contributed by atoms with Gasteiger partial charge < -0.3 is 86.0 Å². The monoisotopic (exact) mass is 905 g/mol. The molecule has 0 aromatic rings. The third-order valence-corrected chi connectivity index (χ3v) is 7.78. The fourth-order valence-corrected chi connectivity index (χ4v) is 4.73. The van der Waals surface area contributed by atoms with Crippen LogP contribution in [-0.4, -0.2) is 308 Å². The van der Waals surface area contributed by atoms with Crippen LogP contribution in [0.5, 0.6) is 0 Å². The third kappa shape index (κ3) is 59.8. The number of aliphatic hydroxyl groups is 13. The first-order valence-corrected chi connectivity index (χ1v) is 21.5. The van der Waals surface area contributed by atoms with Crippen molar-refractivity contribution in [1.82, 2.24) is 24.5 Å². The molecule has 0 aromatic heterocycles.